The van der Waals surface area contributed by atoms with Crippen LogP contribution >= 0.6 is 23.2 Å². The fourth-order valence-corrected chi connectivity index (χ4v) is 3.79. The highest BCUT2D eigenvalue weighted by molar-refractivity contribution is 6.42. The van der Waals surface area contributed by atoms with Gasteiger partial charge in [-0.1, -0.05) is 42.1 Å². The maximum Gasteiger partial charge on any atom is 0.338 e. The number of carbonyl (C=O) groups excluding carboxylic acids is 2. The van der Waals surface area contributed by atoms with Gasteiger partial charge in [-0.3, -0.25) is 0 Å². The first-order valence-corrected chi connectivity index (χ1v) is 9.65. The van der Waals surface area contributed by atoms with E-state index in [4.69, 9.17) is 27.9 Å². The topological polar surface area (TPSA) is 67.4 Å². The smallest absolute Gasteiger partial charge is 0.338 e. The van der Waals surface area contributed by atoms with Gasteiger partial charge in [0, 0.05) is 5.70 Å². The van der Waals surface area contributed by atoms with Crippen LogP contribution < -0.4 is 10.6 Å². The van der Waals surface area contributed by atoms with Gasteiger partial charge in [0.15, 0.2) is 0 Å². The summed E-state index contributed by atoms with van der Waals surface area (Å²) >= 11 is 12.1. The predicted molar refractivity (Wildman–Crippen MR) is 101 cm³/mol. The molecule has 1 aliphatic carbocycles. The average molecular weight is 397 g/mol. The minimum Gasteiger partial charge on any atom is -0.459 e. The van der Waals surface area contributed by atoms with Crippen LogP contribution in [0.5, 0.6) is 0 Å². The third-order valence-corrected chi connectivity index (χ3v) is 5.58. The van der Waals surface area contributed by atoms with Crippen molar-refractivity contribution < 1.29 is 14.3 Å². The maximum absolute atomic E-state index is 12.9. The summed E-state index contributed by atoms with van der Waals surface area (Å²) in [5.41, 5.74) is 1.57. The Bertz CT molecular complexity index is 740. The highest BCUT2D eigenvalue weighted by atomic mass is 35.5. The lowest BCUT2D eigenvalue weighted by Gasteiger charge is -2.29. The molecule has 3 rings (SSSR count). The van der Waals surface area contributed by atoms with Crippen LogP contribution in [0.3, 0.4) is 0 Å². The van der Waals surface area contributed by atoms with E-state index < -0.39 is 12.0 Å². The molecule has 140 valence electrons. The van der Waals surface area contributed by atoms with Gasteiger partial charge >= 0.3 is 12.0 Å². The lowest BCUT2D eigenvalue weighted by molar-refractivity contribution is -0.145. The molecule has 1 aromatic carbocycles. The molecule has 2 amide bonds. The Morgan fingerprint density at radius 1 is 1.12 bits per heavy atom. The third-order valence-electron chi connectivity index (χ3n) is 4.84. The van der Waals surface area contributed by atoms with E-state index in [9.17, 15) is 9.59 Å². The molecule has 1 aliphatic heterocycles. The van der Waals surface area contributed by atoms with Crippen molar-refractivity contribution in [1.29, 1.82) is 0 Å². The van der Waals surface area contributed by atoms with Crippen molar-refractivity contribution >= 4 is 35.2 Å². The SMILES string of the molecule is CC1=C(C(=O)OC2CCCCCC2)C(c2ccc(Cl)c(Cl)c2)NC(=O)N1. The second kappa shape index (κ2) is 8.31. The van der Waals surface area contributed by atoms with E-state index >= 15 is 0 Å². The largest absolute Gasteiger partial charge is 0.459 e. The van der Waals surface area contributed by atoms with Crippen molar-refractivity contribution in [3.63, 3.8) is 0 Å². The summed E-state index contributed by atoms with van der Waals surface area (Å²) in [5, 5.41) is 6.22. The maximum atomic E-state index is 12.9. The Labute approximate surface area is 163 Å². The zero-order valence-electron chi connectivity index (χ0n) is 14.6. The van der Waals surface area contributed by atoms with Crippen LogP contribution in [0.15, 0.2) is 29.5 Å². The fraction of sp³-hybridized carbons (Fsp3) is 0.474. The third kappa shape index (κ3) is 4.33. The summed E-state index contributed by atoms with van der Waals surface area (Å²) in [5.74, 6) is -0.405. The van der Waals surface area contributed by atoms with Crippen LogP contribution in [0.1, 0.15) is 57.1 Å². The number of ether oxygens (including phenoxy) is 1. The monoisotopic (exact) mass is 396 g/mol. The number of rotatable bonds is 3. The first-order chi connectivity index (χ1) is 12.5. The Kier molecular flexibility index (Phi) is 6.09. The van der Waals surface area contributed by atoms with Crippen molar-refractivity contribution in [2.75, 3.05) is 0 Å². The van der Waals surface area contributed by atoms with Crippen LogP contribution in [-0.2, 0) is 9.53 Å². The molecule has 1 saturated carbocycles. The number of esters is 1. The van der Waals surface area contributed by atoms with E-state index in [-0.39, 0.29) is 12.1 Å². The number of benzene rings is 1. The van der Waals surface area contributed by atoms with Gasteiger partial charge in [-0.05, 0) is 50.3 Å². The quantitative estimate of drug-likeness (QED) is 0.564. The molecular weight excluding hydrogens is 375 g/mol. The Morgan fingerprint density at radius 3 is 2.46 bits per heavy atom. The Morgan fingerprint density at radius 2 is 1.81 bits per heavy atom. The van der Waals surface area contributed by atoms with Gasteiger partial charge in [0.2, 0.25) is 0 Å². The summed E-state index contributed by atoms with van der Waals surface area (Å²) in [6.45, 7) is 1.70. The molecule has 0 spiro atoms. The zero-order chi connectivity index (χ0) is 18.7. The number of hydrogen-bond donors (Lipinski definition) is 2. The van der Waals surface area contributed by atoms with Gasteiger partial charge < -0.3 is 15.4 Å². The molecular formula is C19H22Cl2N2O3. The van der Waals surface area contributed by atoms with Crippen LogP contribution in [-0.4, -0.2) is 18.1 Å². The van der Waals surface area contributed by atoms with Crippen molar-refractivity contribution in [2.45, 2.75) is 57.6 Å². The van der Waals surface area contributed by atoms with Crippen molar-refractivity contribution in [2.24, 2.45) is 0 Å². The number of urea groups is 1. The zero-order valence-corrected chi connectivity index (χ0v) is 16.1. The van der Waals surface area contributed by atoms with Gasteiger partial charge in [-0.2, -0.15) is 0 Å². The molecule has 26 heavy (non-hydrogen) atoms. The Balaban J connectivity index is 1.87. The van der Waals surface area contributed by atoms with Gasteiger partial charge in [0.25, 0.3) is 0 Å². The van der Waals surface area contributed by atoms with Gasteiger partial charge in [-0.25, -0.2) is 9.59 Å². The summed E-state index contributed by atoms with van der Waals surface area (Å²) in [6, 6.07) is 4.06. The van der Waals surface area contributed by atoms with E-state index in [1.165, 1.54) is 12.8 Å². The molecule has 1 atom stereocenters. The summed E-state index contributed by atoms with van der Waals surface area (Å²) < 4.78 is 5.78. The highest BCUT2D eigenvalue weighted by Gasteiger charge is 2.33. The predicted octanol–water partition coefficient (Wildman–Crippen LogP) is 4.89. The number of amides is 2. The van der Waals surface area contributed by atoms with Crippen LogP contribution in [0.4, 0.5) is 4.79 Å². The van der Waals surface area contributed by atoms with Crippen LogP contribution in [0.2, 0.25) is 10.0 Å². The number of carbonyl (C=O) groups is 2. The summed E-state index contributed by atoms with van der Waals surface area (Å²) in [7, 11) is 0. The van der Waals surface area contributed by atoms with Gasteiger partial charge in [-0.15, -0.1) is 0 Å². The minimum atomic E-state index is -0.628. The van der Waals surface area contributed by atoms with Crippen molar-refractivity contribution in [3.05, 3.63) is 45.1 Å². The summed E-state index contributed by atoms with van der Waals surface area (Å²) in [4.78, 5) is 24.8. The van der Waals surface area contributed by atoms with Crippen molar-refractivity contribution in [3.8, 4) is 0 Å². The lowest BCUT2D eigenvalue weighted by Crippen LogP contribution is -2.45. The van der Waals surface area contributed by atoms with Gasteiger partial charge in [0.05, 0.1) is 21.7 Å². The number of hydrogen-bond acceptors (Lipinski definition) is 3. The first kappa shape index (κ1) is 19.1. The number of halogens is 2. The second-order valence-corrected chi connectivity index (χ2v) is 7.58. The van der Waals surface area contributed by atoms with E-state index in [1.807, 2.05) is 0 Å². The van der Waals surface area contributed by atoms with Crippen LogP contribution in [0.25, 0.3) is 0 Å². The normalized spacial score (nSPS) is 21.7. The van der Waals surface area contributed by atoms with Gasteiger partial charge in [0.1, 0.15) is 6.10 Å². The first-order valence-electron chi connectivity index (χ1n) is 8.90. The van der Waals surface area contributed by atoms with E-state index in [0.717, 1.165) is 25.7 Å². The molecule has 0 aromatic heterocycles. The van der Waals surface area contributed by atoms with E-state index in [2.05, 4.69) is 10.6 Å². The molecule has 2 N–H and O–H groups in total. The Hall–Kier alpha value is -1.72. The van der Waals surface area contributed by atoms with E-state index in [1.54, 1.807) is 25.1 Å². The molecule has 2 aliphatic rings. The second-order valence-electron chi connectivity index (χ2n) is 6.76. The molecule has 0 saturated heterocycles. The lowest BCUT2D eigenvalue weighted by atomic mass is 9.95. The van der Waals surface area contributed by atoms with E-state index in [0.29, 0.717) is 26.9 Å². The molecule has 1 heterocycles. The fourth-order valence-electron chi connectivity index (χ4n) is 3.48. The summed E-state index contributed by atoms with van der Waals surface area (Å²) in [6.07, 6.45) is 6.20. The average Bonchev–Trinajstić information content (AvgIpc) is 2.85. The van der Waals surface area contributed by atoms with Crippen molar-refractivity contribution in [1.82, 2.24) is 10.6 Å². The standard InChI is InChI=1S/C19H22Cl2N2O3/c1-11-16(18(24)26-13-6-4-2-3-5-7-13)17(23-19(25)22-11)12-8-9-14(20)15(21)10-12/h8-10,13,17H,2-7H2,1H3,(H2,22,23,25). The highest BCUT2D eigenvalue weighted by Crippen LogP contribution is 2.32. The molecule has 1 unspecified atom stereocenters. The van der Waals surface area contributed by atoms with Crippen LogP contribution in [0, 0.1) is 0 Å². The molecule has 0 radical (unpaired) electrons. The molecule has 7 heteroatoms. The molecule has 1 fully saturated rings. The number of allylic oxidation sites excluding steroid dienone is 1. The molecule has 1 aromatic rings. The molecule has 0 bridgehead atoms. The number of nitrogens with one attached hydrogen (secondary N) is 2. The molecule has 5 nitrogen and oxygen atoms in total. The minimum absolute atomic E-state index is 0.0719.